The van der Waals surface area contributed by atoms with Crippen molar-refractivity contribution in [2.75, 3.05) is 18.6 Å². The van der Waals surface area contributed by atoms with Gasteiger partial charge in [-0.3, -0.25) is 9.69 Å². The first-order valence-corrected chi connectivity index (χ1v) is 11.4. The van der Waals surface area contributed by atoms with Gasteiger partial charge in [0.25, 0.3) is 5.91 Å². The molecule has 0 bridgehead atoms. The number of thiazole rings is 1. The molecule has 0 saturated carbocycles. The zero-order chi connectivity index (χ0) is 22.5. The van der Waals surface area contributed by atoms with E-state index in [1.807, 2.05) is 48.0 Å². The monoisotopic (exact) mass is 466 g/mol. The lowest BCUT2D eigenvalue weighted by molar-refractivity contribution is -0.114. The Morgan fingerprint density at radius 2 is 2.12 bits per heavy atom. The number of methoxy groups -OCH3 is 1. The second-order valence-corrected chi connectivity index (χ2v) is 8.64. The smallest absolute Gasteiger partial charge is 0.252 e. The first-order chi connectivity index (χ1) is 15.6. The number of aromatic nitrogens is 3. The normalized spacial score (nSPS) is 11.3. The van der Waals surface area contributed by atoms with Crippen molar-refractivity contribution in [1.82, 2.24) is 14.5 Å². The van der Waals surface area contributed by atoms with Crippen LogP contribution in [0.3, 0.4) is 0 Å². The average Bonchev–Trinajstić information content (AvgIpc) is 3.47. The first-order valence-electron chi connectivity index (χ1n) is 10.2. The number of halogens is 1. The van der Waals surface area contributed by atoms with Gasteiger partial charge in [0.15, 0.2) is 5.13 Å². The van der Waals surface area contributed by atoms with Crippen molar-refractivity contribution in [2.24, 2.45) is 0 Å². The van der Waals surface area contributed by atoms with E-state index in [1.54, 1.807) is 42.8 Å². The van der Waals surface area contributed by atoms with Crippen LogP contribution in [-0.4, -0.2) is 34.1 Å². The fourth-order valence-electron chi connectivity index (χ4n) is 3.37. The van der Waals surface area contributed by atoms with Crippen LogP contribution >= 0.6 is 22.9 Å². The van der Waals surface area contributed by atoms with Gasteiger partial charge in [-0.1, -0.05) is 47.2 Å². The van der Waals surface area contributed by atoms with E-state index >= 15 is 0 Å². The van der Waals surface area contributed by atoms with Crippen LogP contribution < -0.4 is 9.64 Å². The molecule has 1 amide bonds. The number of hydrogen-bond donors (Lipinski definition) is 0. The number of rotatable bonds is 8. The highest BCUT2D eigenvalue weighted by atomic mass is 35.5. The maximum atomic E-state index is 13.2. The first kappa shape index (κ1) is 22.0. The van der Waals surface area contributed by atoms with Gasteiger partial charge in [-0.25, -0.2) is 9.97 Å². The SMILES string of the molecule is COc1ccc(C)c2sc(N(CCCn3ccnc3)C(=O)/C=C/c3ccccc3Cl)nc12. The van der Waals surface area contributed by atoms with Crippen molar-refractivity contribution in [3.8, 4) is 5.75 Å². The van der Waals surface area contributed by atoms with Crippen LogP contribution in [0.5, 0.6) is 5.75 Å². The Morgan fingerprint density at radius 1 is 1.28 bits per heavy atom. The van der Waals surface area contributed by atoms with Gasteiger partial charge in [-0.05, 0) is 42.7 Å². The number of hydrogen-bond acceptors (Lipinski definition) is 5. The molecule has 0 saturated heterocycles. The molecule has 4 aromatic rings. The fraction of sp³-hybridized carbons (Fsp3) is 0.208. The Bertz CT molecular complexity index is 1250. The van der Waals surface area contributed by atoms with Crippen LogP contribution in [0.1, 0.15) is 17.5 Å². The zero-order valence-electron chi connectivity index (χ0n) is 17.9. The summed E-state index contributed by atoms with van der Waals surface area (Å²) in [6.45, 7) is 3.31. The molecule has 2 aromatic carbocycles. The van der Waals surface area contributed by atoms with E-state index in [9.17, 15) is 4.79 Å². The Morgan fingerprint density at radius 3 is 2.88 bits per heavy atom. The molecule has 0 aliphatic rings. The molecule has 6 nitrogen and oxygen atoms in total. The lowest BCUT2D eigenvalue weighted by Gasteiger charge is -2.18. The van der Waals surface area contributed by atoms with E-state index in [-0.39, 0.29) is 5.91 Å². The standard InChI is InChI=1S/C24H23ClN4O2S/c1-17-8-10-20(31-2)22-23(17)32-24(27-22)29(14-5-13-28-15-12-26-16-28)21(30)11-9-18-6-3-4-7-19(18)25/h3-4,6-12,15-16H,5,13-14H2,1-2H3/b11-9+. The van der Waals surface area contributed by atoms with Crippen molar-refractivity contribution in [3.05, 3.63) is 77.3 Å². The summed E-state index contributed by atoms with van der Waals surface area (Å²) in [5.41, 5.74) is 2.67. The van der Waals surface area contributed by atoms with Gasteiger partial charge in [-0.15, -0.1) is 0 Å². The third kappa shape index (κ3) is 4.84. The maximum Gasteiger partial charge on any atom is 0.252 e. The average molecular weight is 467 g/mol. The molecule has 164 valence electrons. The van der Waals surface area contributed by atoms with Gasteiger partial charge >= 0.3 is 0 Å². The van der Waals surface area contributed by atoms with Gasteiger partial charge in [0.1, 0.15) is 11.3 Å². The zero-order valence-corrected chi connectivity index (χ0v) is 19.4. The molecule has 0 spiro atoms. The summed E-state index contributed by atoms with van der Waals surface area (Å²) in [5.74, 6) is 0.553. The summed E-state index contributed by atoms with van der Waals surface area (Å²) in [4.78, 5) is 23.8. The molecule has 0 unspecified atom stereocenters. The number of fused-ring (bicyclic) bond motifs is 1. The Kier molecular flexibility index (Phi) is 6.87. The van der Waals surface area contributed by atoms with Gasteiger partial charge < -0.3 is 9.30 Å². The van der Waals surface area contributed by atoms with Gasteiger partial charge in [0.2, 0.25) is 0 Å². The molecule has 0 aliphatic heterocycles. The largest absolute Gasteiger partial charge is 0.494 e. The van der Waals surface area contributed by atoms with Crippen LogP contribution in [0.2, 0.25) is 5.02 Å². The van der Waals surface area contributed by atoms with Crippen LogP contribution in [-0.2, 0) is 11.3 Å². The second-order valence-electron chi connectivity index (χ2n) is 7.26. The van der Waals surface area contributed by atoms with E-state index in [4.69, 9.17) is 21.3 Å². The summed E-state index contributed by atoms with van der Waals surface area (Å²) >= 11 is 7.74. The summed E-state index contributed by atoms with van der Waals surface area (Å²) < 4.78 is 8.50. The van der Waals surface area contributed by atoms with Crippen molar-refractivity contribution >= 4 is 50.3 Å². The number of carbonyl (C=O) groups excluding carboxylic acids is 1. The number of anilines is 1. The summed E-state index contributed by atoms with van der Waals surface area (Å²) in [5, 5.41) is 1.25. The molecular weight excluding hydrogens is 444 g/mol. The molecule has 32 heavy (non-hydrogen) atoms. The minimum absolute atomic E-state index is 0.147. The lowest BCUT2D eigenvalue weighted by atomic mass is 10.2. The van der Waals surface area contributed by atoms with Crippen LogP contribution in [0.15, 0.2) is 61.2 Å². The minimum Gasteiger partial charge on any atom is -0.494 e. The number of imidazole rings is 1. The summed E-state index contributed by atoms with van der Waals surface area (Å²) in [6.07, 6.45) is 9.48. The van der Waals surface area contributed by atoms with Gasteiger partial charge in [0.05, 0.1) is 18.1 Å². The predicted molar refractivity (Wildman–Crippen MR) is 131 cm³/mol. The number of carbonyl (C=O) groups is 1. The third-order valence-electron chi connectivity index (χ3n) is 5.08. The molecule has 0 fully saturated rings. The molecule has 0 N–H and O–H groups in total. The number of aryl methyl sites for hydroxylation is 2. The number of nitrogens with zero attached hydrogens (tertiary/aromatic N) is 4. The highest BCUT2D eigenvalue weighted by Gasteiger charge is 2.20. The molecule has 0 radical (unpaired) electrons. The molecule has 0 atom stereocenters. The highest BCUT2D eigenvalue weighted by molar-refractivity contribution is 7.22. The Balaban J connectivity index is 1.64. The number of benzene rings is 2. The minimum atomic E-state index is -0.147. The molecule has 4 rings (SSSR count). The highest BCUT2D eigenvalue weighted by Crippen LogP contribution is 2.36. The third-order valence-corrected chi connectivity index (χ3v) is 6.63. The Labute approximate surface area is 195 Å². The summed E-state index contributed by atoms with van der Waals surface area (Å²) in [6, 6.07) is 11.3. The van der Waals surface area contributed by atoms with Gasteiger partial charge in [-0.2, -0.15) is 0 Å². The van der Waals surface area contributed by atoms with Crippen LogP contribution in [0, 0.1) is 6.92 Å². The van der Waals surface area contributed by atoms with Crippen molar-refractivity contribution in [1.29, 1.82) is 0 Å². The van der Waals surface area contributed by atoms with Crippen LogP contribution in [0.25, 0.3) is 16.3 Å². The van der Waals surface area contributed by atoms with Gasteiger partial charge in [0, 0.05) is 36.6 Å². The molecule has 0 aliphatic carbocycles. The fourth-order valence-corrected chi connectivity index (χ4v) is 4.65. The van der Waals surface area contributed by atoms with Crippen molar-refractivity contribution in [2.45, 2.75) is 19.9 Å². The number of amides is 1. The molecule has 2 heterocycles. The van der Waals surface area contributed by atoms with E-state index in [1.165, 1.54) is 11.3 Å². The molecular formula is C24H23ClN4O2S. The van der Waals surface area contributed by atoms with Crippen molar-refractivity contribution < 1.29 is 9.53 Å². The second kappa shape index (κ2) is 9.97. The van der Waals surface area contributed by atoms with E-state index in [2.05, 4.69) is 4.98 Å². The molecule has 8 heteroatoms. The van der Waals surface area contributed by atoms with E-state index in [0.717, 1.165) is 34.3 Å². The lowest BCUT2D eigenvalue weighted by Crippen LogP contribution is -2.30. The number of ether oxygens (including phenoxy) is 1. The van der Waals surface area contributed by atoms with Crippen molar-refractivity contribution in [3.63, 3.8) is 0 Å². The van der Waals surface area contributed by atoms with Crippen LogP contribution in [0.4, 0.5) is 5.13 Å². The maximum absolute atomic E-state index is 13.2. The summed E-state index contributed by atoms with van der Waals surface area (Å²) in [7, 11) is 1.63. The van der Waals surface area contributed by atoms with E-state index < -0.39 is 0 Å². The molecule has 2 aromatic heterocycles. The Hall–Kier alpha value is -3.16. The topological polar surface area (TPSA) is 60.2 Å². The quantitative estimate of drug-likeness (QED) is 0.317. The van der Waals surface area contributed by atoms with E-state index in [0.29, 0.717) is 22.4 Å². The predicted octanol–water partition coefficient (Wildman–Crippen LogP) is 5.60.